The van der Waals surface area contributed by atoms with Gasteiger partial charge in [0.2, 0.25) is 6.79 Å². The van der Waals surface area contributed by atoms with E-state index in [-0.39, 0.29) is 17.5 Å². The van der Waals surface area contributed by atoms with Crippen molar-refractivity contribution in [2.45, 2.75) is 25.7 Å². The highest BCUT2D eigenvalue weighted by Crippen LogP contribution is 2.40. The van der Waals surface area contributed by atoms with Crippen molar-refractivity contribution in [1.82, 2.24) is 3.97 Å². The zero-order chi connectivity index (χ0) is 20.1. The molecule has 0 saturated heterocycles. The molecule has 6 nitrogen and oxygen atoms in total. The molecule has 0 N–H and O–H groups in total. The molecule has 1 aromatic heterocycles. The molecule has 2 aromatic carbocycles. The van der Waals surface area contributed by atoms with E-state index in [1.165, 1.54) is 23.0 Å². The molecule has 0 atom stereocenters. The van der Waals surface area contributed by atoms with Gasteiger partial charge < -0.3 is 9.47 Å². The second-order valence-electron chi connectivity index (χ2n) is 6.76. The summed E-state index contributed by atoms with van der Waals surface area (Å²) in [5.41, 5.74) is 2.61. The summed E-state index contributed by atoms with van der Waals surface area (Å²) >= 11 is 0. The first-order valence-corrected chi connectivity index (χ1v) is 10.2. The Balaban J connectivity index is 2.06. The molecular weight excluding hydrogens is 378 g/mol. The Labute approximate surface area is 163 Å². The fourth-order valence-electron chi connectivity index (χ4n) is 3.28. The summed E-state index contributed by atoms with van der Waals surface area (Å²) < 4.78 is 39.2. The van der Waals surface area contributed by atoms with Crippen LogP contribution in [-0.4, -0.2) is 25.0 Å². The third-order valence-electron chi connectivity index (χ3n) is 4.75. The lowest BCUT2D eigenvalue weighted by Gasteiger charge is -2.11. The molecule has 4 rings (SSSR count). The molecule has 0 spiro atoms. The number of hydrogen-bond donors (Lipinski definition) is 0. The molecular formula is C21H19NO5S. The Morgan fingerprint density at radius 2 is 1.71 bits per heavy atom. The van der Waals surface area contributed by atoms with E-state index < -0.39 is 10.0 Å². The average molecular weight is 397 g/mol. The van der Waals surface area contributed by atoms with Crippen LogP contribution in [0.3, 0.4) is 0 Å². The summed E-state index contributed by atoms with van der Waals surface area (Å²) in [6.45, 7) is 5.24. The molecule has 0 saturated carbocycles. The lowest BCUT2D eigenvalue weighted by Crippen LogP contribution is -2.14. The minimum Gasteiger partial charge on any atom is -0.454 e. The first kappa shape index (κ1) is 18.3. The van der Waals surface area contributed by atoms with E-state index in [4.69, 9.17) is 9.47 Å². The van der Waals surface area contributed by atoms with Crippen molar-refractivity contribution in [3.63, 3.8) is 0 Å². The van der Waals surface area contributed by atoms with E-state index in [9.17, 15) is 13.2 Å². The molecule has 144 valence electrons. The number of allylic oxidation sites excluding steroid dienone is 1. The first-order valence-electron chi connectivity index (χ1n) is 8.74. The Hall–Kier alpha value is -3.06. The second-order valence-corrected chi connectivity index (χ2v) is 8.55. The maximum atomic E-state index is 13.5. The lowest BCUT2D eigenvalue weighted by atomic mass is 10.1. The minimum atomic E-state index is -3.90. The van der Waals surface area contributed by atoms with E-state index in [1.54, 1.807) is 36.4 Å². The summed E-state index contributed by atoms with van der Waals surface area (Å²) in [7, 11) is -3.90. The number of aryl methyl sites for hydroxylation is 2. The molecule has 0 fully saturated rings. The van der Waals surface area contributed by atoms with Gasteiger partial charge in [0.1, 0.15) is 0 Å². The molecule has 3 aromatic rings. The molecule has 2 heterocycles. The average Bonchev–Trinajstić information content (AvgIpc) is 3.21. The Bertz CT molecular complexity index is 1230. The molecule has 1 aliphatic rings. The van der Waals surface area contributed by atoms with Crippen LogP contribution in [0.25, 0.3) is 17.0 Å². The fourth-order valence-corrected chi connectivity index (χ4v) is 4.84. The summed E-state index contributed by atoms with van der Waals surface area (Å²) in [5.74, 6) is 0.896. The van der Waals surface area contributed by atoms with Crippen molar-refractivity contribution in [3.8, 4) is 11.5 Å². The Kier molecular flexibility index (Phi) is 4.27. The smallest absolute Gasteiger partial charge is 0.268 e. The number of fused-ring (bicyclic) bond motifs is 2. The minimum absolute atomic E-state index is 0.1000. The molecule has 0 bridgehead atoms. The van der Waals surface area contributed by atoms with Gasteiger partial charge in [0, 0.05) is 11.5 Å². The quantitative estimate of drug-likeness (QED) is 0.626. The predicted molar refractivity (Wildman–Crippen MR) is 106 cm³/mol. The van der Waals surface area contributed by atoms with Gasteiger partial charge >= 0.3 is 0 Å². The van der Waals surface area contributed by atoms with Gasteiger partial charge in [-0.1, -0.05) is 17.7 Å². The number of carbonyl (C=O) groups excluding carboxylic acids is 1. The van der Waals surface area contributed by atoms with E-state index in [0.29, 0.717) is 22.7 Å². The fraction of sp³-hybridized carbons (Fsp3) is 0.190. The van der Waals surface area contributed by atoms with Crippen LogP contribution >= 0.6 is 0 Å². The second kappa shape index (κ2) is 6.53. The number of ether oxygens (including phenoxy) is 2. The van der Waals surface area contributed by atoms with Crippen LogP contribution in [0.15, 0.2) is 47.4 Å². The monoisotopic (exact) mass is 397 g/mol. The van der Waals surface area contributed by atoms with Crippen molar-refractivity contribution in [2.75, 3.05) is 6.79 Å². The number of rotatable bonds is 4. The van der Waals surface area contributed by atoms with Gasteiger partial charge in [0.05, 0.1) is 16.1 Å². The molecule has 28 heavy (non-hydrogen) atoms. The van der Waals surface area contributed by atoms with Gasteiger partial charge in [-0.2, -0.15) is 0 Å². The van der Waals surface area contributed by atoms with Crippen molar-refractivity contribution >= 4 is 32.8 Å². The molecule has 0 unspecified atom stereocenters. The van der Waals surface area contributed by atoms with E-state index in [2.05, 4.69) is 0 Å². The molecule has 7 heteroatoms. The van der Waals surface area contributed by atoms with E-state index >= 15 is 0 Å². The summed E-state index contributed by atoms with van der Waals surface area (Å²) in [6, 6.07) is 10.1. The van der Waals surface area contributed by atoms with Crippen molar-refractivity contribution < 1.29 is 22.7 Å². The van der Waals surface area contributed by atoms with Crippen molar-refractivity contribution in [3.05, 3.63) is 59.3 Å². The van der Waals surface area contributed by atoms with Gasteiger partial charge in [-0.3, -0.25) is 4.79 Å². The maximum absolute atomic E-state index is 13.5. The van der Waals surface area contributed by atoms with Crippen molar-refractivity contribution in [2.24, 2.45) is 0 Å². The van der Waals surface area contributed by atoms with Gasteiger partial charge in [-0.15, -0.1) is 0 Å². The highest BCUT2D eigenvalue weighted by molar-refractivity contribution is 7.90. The number of ketones is 1. The zero-order valence-electron chi connectivity index (χ0n) is 15.7. The van der Waals surface area contributed by atoms with Gasteiger partial charge in [0.15, 0.2) is 17.3 Å². The van der Waals surface area contributed by atoms with Crippen LogP contribution in [0, 0.1) is 13.8 Å². The van der Waals surface area contributed by atoms with Crippen LogP contribution < -0.4 is 9.47 Å². The van der Waals surface area contributed by atoms with Gasteiger partial charge in [-0.05, 0) is 56.7 Å². The summed E-state index contributed by atoms with van der Waals surface area (Å²) in [4.78, 5) is 11.7. The standard InChI is InChI=1S/C21H19NO5S/c1-13-4-7-16(8-5-13)28(24,25)22-18(9-6-14(2)23)15(3)17-10-20-21(11-19(17)22)27-12-26-20/h4-11H,12H2,1-3H3/b9-6+. The Morgan fingerprint density at radius 3 is 2.36 bits per heavy atom. The van der Waals surface area contributed by atoms with Crippen LogP contribution in [0.5, 0.6) is 11.5 Å². The normalized spacial score (nSPS) is 13.5. The van der Waals surface area contributed by atoms with E-state index in [1.807, 2.05) is 13.8 Å². The van der Waals surface area contributed by atoms with Gasteiger partial charge in [0.25, 0.3) is 10.0 Å². The highest BCUT2D eigenvalue weighted by atomic mass is 32.2. The first-order chi connectivity index (χ1) is 13.3. The third kappa shape index (κ3) is 2.88. The van der Waals surface area contributed by atoms with Crippen LogP contribution in [0.4, 0.5) is 0 Å². The van der Waals surface area contributed by atoms with Crippen molar-refractivity contribution in [1.29, 1.82) is 0 Å². The number of hydrogen-bond acceptors (Lipinski definition) is 5. The molecule has 0 amide bonds. The number of carbonyl (C=O) groups is 1. The Morgan fingerprint density at radius 1 is 1.07 bits per heavy atom. The summed E-state index contributed by atoms with van der Waals surface area (Å²) in [5, 5.41) is 0.725. The highest BCUT2D eigenvalue weighted by Gasteiger charge is 2.27. The lowest BCUT2D eigenvalue weighted by molar-refractivity contribution is -0.112. The zero-order valence-corrected chi connectivity index (χ0v) is 16.5. The summed E-state index contributed by atoms with van der Waals surface area (Å²) in [6.07, 6.45) is 2.90. The van der Waals surface area contributed by atoms with Gasteiger partial charge in [-0.25, -0.2) is 12.4 Å². The number of aromatic nitrogens is 1. The van der Waals surface area contributed by atoms with Crippen LogP contribution in [-0.2, 0) is 14.8 Å². The molecule has 0 aliphatic carbocycles. The maximum Gasteiger partial charge on any atom is 0.268 e. The third-order valence-corrected chi connectivity index (χ3v) is 6.49. The predicted octanol–water partition coefficient (Wildman–Crippen LogP) is 3.83. The number of benzene rings is 2. The SMILES string of the molecule is CC(=O)/C=C/c1c(C)c2cc3c(cc2n1S(=O)(=O)c1ccc(C)cc1)OCO3. The van der Waals surface area contributed by atoms with Crippen LogP contribution in [0.1, 0.15) is 23.7 Å². The molecule has 1 aliphatic heterocycles. The van der Waals surface area contributed by atoms with E-state index in [0.717, 1.165) is 16.5 Å². The van der Waals surface area contributed by atoms with Crippen LogP contribution in [0.2, 0.25) is 0 Å². The topological polar surface area (TPSA) is 74.6 Å². The molecule has 0 radical (unpaired) electrons. The number of nitrogens with zero attached hydrogens (tertiary/aromatic N) is 1. The largest absolute Gasteiger partial charge is 0.454 e.